The van der Waals surface area contributed by atoms with Gasteiger partial charge in [-0.3, -0.25) is 0 Å². The fraction of sp³-hybridized carbons (Fsp3) is 0.0968. The Labute approximate surface area is 228 Å². The average molecular weight is 707 g/mol. The summed E-state index contributed by atoms with van der Waals surface area (Å²) >= 11 is -1.85. The number of nitrogens with zero attached hydrogens (tertiary/aromatic N) is 2. The van der Waals surface area contributed by atoms with Gasteiger partial charge in [-0.2, -0.15) is 0 Å². The Morgan fingerprint density at radius 2 is 1.33 bits per heavy atom. The second kappa shape index (κ2) is 11.3. The van der Waals surface area contributed by atoms with Gasteiger partial charge in [0.1, 0.15) is 0 Å². The molecular formula is C31H26GeIrN2O-2. The minimum atomic E-state index is -1.85. The van der Waals surface area contributed by atoms with Crippen LogP contribution >= 0.6 is 0 Å². The smallest absolute Gasteiger partial charge is 0.0160 e. The van der Waals surface area contributed by atoms with E-state index in [-0.39, 0.29) is 20.1 Å². The van der Waals surface area contributed by atoms with E-state index in [0.29, 0.717) is 0 Å². The molecule has 0 N–H and O–H groups in total. The van der Waals surface area contributed by atoms with Crippen LogP contribution in [0.15, 0.2) is 108 Å². The number of benzene rings is 3. The Morgan fingerprint density at radius 3 is 1.94 bits per heavy atom. The third-order valence-electron chi connectivity index (χ3n) is 5.86. The quantitative estimate of drug-likeness (QED) is 0.141. The third-order valence-corrected chi connectivity index (χ3v) is 10.1. The van der Waals surface area contributed by atoms with E-state index in [0.717, 1.165) is 44.5 Å². The predicted octanol–water partition coefficient (Wildman–Crippen LogP) is 7.54. The molecule has 0 saturated carbocycles. The van der Waals surface area contributed by atoms with Crippen LogP contribution in [0.5, 0.6) is 0 Å². The first kappa shape index (κ1) is 26.0. The molecule has 0 amide bonds. The Kier molecular flexibility index (Phi) is 8.20. The van der Waals surface area contributed by atoms with Crippen LogP contribution < -0.4 is 4.40 Å². The van der Waals surface area contributed by atoms with Gasteiger partial charge in [0.2, 0.25) is 0 Å². The van der Waals surface area contributed by atoms with E-state index in [1.54, 1.807) is 6.20 Å². The zero-order valence-corrected chi connectivity index (χ0v) is 24.9. The van der Waals surface area contributed by atoms with Gasteiger partial charge in [-0.25, -0.2) is 0 Å². The summed E-state index contributed by atoms with van der Waals surface area (Å²) in [5.74, 6) is 7.19. The van der Waals surface area contributed by atoms with Crippen LogP contribution in [-0.2, 0) is 20.1 Å². The Hall–Kier alpha value is -3.05. The van der Waals surface area contributed by atoms with Crippen molar-refractivity contribution < 1.29 is 24.5 Å². The van der Waals surface area contributed by atoms with Gasteiger partial charge in [0.25, 0.3) is 0 Å². The van der Waals surface area contributed by atoms with Gasteiger partial charge in [0.05, 0.1) is 0 Å². The molecule has 5 heteroatoms. The minimum absolute atomic E-state index is 0. The molecule has 0 aliphatic rings. The molecule has 0 atom stereocenters. The minimum Gasteiger partial charge on any atom is -0.305 e. The Morgan fingerprint density at radius 1 is 0.667 bits per heavy atom. The van der Waals surface area contributed by atoms with Gasteiger partial charge in [0.15, 0.2) is 0 Å². The van der Waals surface area contributed by atoms with Gasteiger partial charge < -0.3 is 4.98 Å². The van der Waals surface area contributed by atoms with Crippen LogP contribution in [0.4, 0.5) is 0 Å². The maximum absolute atomic E-state index is 6.13. The van der Waals surface area contributed by atoms with Crippen molar-refractivity contribution in [1.82, 2.24) is 9.97 Å². The third kappa shape index (κ3) is 5.84. The summed E-state index contributed by atoms with van der Waals surface area (Å²) in [6, 6.07) is 36.6. The summed E-state index contributed by atoms with van der Waals surface area (Å²) < 4.78 is 7.59. The molecule has 3 aromatic carbocycles. The summed E-state index contributed by atoms with van der Waals surface area (Å²) in [6.07, 6.45) is 3.70. The van der Waals surface area contributed by atoms with Gasteiger partial charge in [-0.15, -0.1) is 35.9 Å². The number of aromatic nitrogens is 2. The second-order valence-electron chi connectivity index (χ2n) is 9.40. The van der Waals surface area contributed by atoms with Gasteiger partial charge in [0, 0.05) is 26.3 Å². The number of rotatable bonds is 3. The molecule has 3 nitrogen and oxygen atoms in total. The monoisotopic (exact) mass is 709 g/mol. The number of furan rings is 1. The van der Waals surface area contributed by atoms with Crippen molar-refractivity contribution >= 4 is 39.6 Å². The van der Waals surface area contributed by atoms with Crippen molar-refractivity contribution in [1.29, 1.82) is 0 Å². The molecule has 36 heavy (non-hydrogen) atoms. The van der Waals surface area contributed by atoms with Crippen LogP contribution in [0.2, 0.25) is 17.3 Å². The van der Waals surface area contributed by atoms with E-state index in [2.05, 4.69) is 57.6 Å². The molecule has 3 heterocycles. The topological polar surface area (TPSA) is 38.9 Å². The molecule has 0 bridgehead atoms. The summed E-state index contributed by atoms with van der Waals surface area (Å²) in [7, 11) is 0. The van der Waals surface area contributed by atoms with E-state index in [9.17, 15) is 0 Å². The maximum atomic E-state index is 6.13. The number of hydrogen-bond acceptors (Lipinski definition) is 3. The number of hydrogen-bond donors (Lipinski definition) is 0. The zero-order valence-electron chi connectivity index (χ0n) is 20.5. The van der Waals surface area contributed by atoms with E-state index in [1.807, 2.05) is 79.0 Å². The fourth-order valence-electron chi connectivity index (χ4n) is 3.91. The molecule has 181 valence electrons. The van der Waals surface area contributed by atoms with E-state index in [4.69, 9.17) is 4.42 Å². The first-order chi connectivity index (χ1) is 17.0. The Balaban J connectivity index is 0.000000198. The summed E-state index contributed by atoms with van der Waals surface area (Å²) in [5, 5.41) is 2.22. The van der Waals surface area contributed by atoms with E-state index >= 15 is 0 Å². The fourth-order valence-corrected chi connectivity index (χ4v) is 6.32. The molecule has 0 fully saturated rings. The summed E-state index contributed by atoms with van der Waals surface area (Å²) in [4.78, 5) is 8.81. The molecule has 6 aromatic rings. The molecule has 6 rings (SSSR count). The number of fused-ring (bicyclic) bond motifs is 3. The van der Waals surface area contributed by atoms with Crippen molar-refractivity contribution in [2.45, 2.75) is 17.3 Å². The van der Waals surface area contributed by atoms with Crippen LogP contribution in [0.25, 0.3) is 44.5 Å². The molecule has 0 unspecified atom stereocenters. The molecular weight excluding hydrogens is 681 g/mol. The average Bonchev–Trinajstić information content (AvgIpc) is 3.27. The Bertz CT molecular complexity index is 1520. The number of pyridine rings is 2. The standard InChI is InChI=1S/C20H18GeNO.C11H8N.Ir/c1-21(2,3)15-9-10-16-17-13-22-18(14-7-5-4-6-8-14)12-20(17)23-19(16)11-15;1-2-6-10(7-3-1)11-8-4-5-9-12-11;/h4-7,9-13H,1-3H3;1-6,8-9H;/q2*-1;. The maximum Gasteiger partial charge on any atom is 0.0160 e. The van der Waals surface area contributed by atoms with E-state index < -0.39 is 13.3 Å². The van der Waals surface area contributed by atoms with Crippen LogP contribution in [0.3, 0.4) is 0 Å². The van der Waals surface area contributed by atoms with E-state index in [1.165, 1.54) is 4.40 Å². The molecule has 1 radical (unpaired) electrons. The van der Waals surface area contributed by atoms with Gasteiger partial charge in [-0.1, -0.05) is 12.1 Å². The van der Waals surface area contributed by atoms with Crippen LogP contribution in [0, 0.1) is 12.1 Å². The van der Waals surface area contributed by atoms with Gasteiger partial charge >= 0.3 is 138 Å². The summed E-state index contributed by atoms with van der Waals surface area (Å²) in [6.45, 7) is 0. The van der Waals surface area contributed by atoms with Crippen molar-refractivity contribution in [2.24, 2.45) is 0 Å². The molecule has 0 aliphatic heterocycles. The van der Waals surface area contributed by atoms with Crippen LogP contribution in [-0.4, -0.2) is 23.2 Å². The first-order valence-electron chi connectivity index (χ1n) is 11.7. The van der Waals surface area contributed by atoms with Crippen LogP contribution in [0.1, 0.15) is 0 Å². The van der Waals surface area contributed by atoms with Crippen molar-refractivity contribution in [3.8, 4) is 22.5 Å². The first-order valence-corrected chi connectivity index (χ1v) is 19.0. The normalized spacial score (nSPS) is 11.0. The summed E-state index contributed by atoms with van der Waals surface area (Å²) in [5.41, 5.74) is 5.75. The largest absolute Gasteiger partial charge is 0.305 e. The molecule has 0 saturated heterocycles. The molecule has 0 aliphatic carbocycles. The molecule has 3 aromatic heterocycles. The van der Waals surface area contributed by atoms with Crippen molar-refractivity contribution in [2.75, 3.05) is 0 Å². The molecule has 0 spiro atoms. The SMILES string of the molecule is [CH3][Ge]([CH3])([CH3])[c]1ccc2c(c1)oc1cc(-c3[c-]cccc3)ncc12.[Ir].[c-]1ccccc1-c1ccccn1. The predicted molar refractivity (Wildman–Crippen MR) is 147 cm³/mol. The van der Waals surface area contributed by atoms with Gasteiger partial charge in [-0.05, 0) is 11.8 Å². The second-order valence-corrected chi connectivity index (χ2v) is 20.0. The zero-order chi connectivity index (χ0) is 24.3. The van der Waals surface area contributed by atoms with Crippen molar-refractivity contribution in [3.05, 3.63) is 116 Å². The van der Waals surface area contributed by atoms with Crippen molar-refractivity contribution in [3.63, 3.8) is 0 Å².